The van der Waals surface area contributed by atoms with Gasteiger partial charge in [-0.15, -0.1) is 0 Å². The van der Waals surface area contributed by atoms with E-state index in [9.17, 15) is 0 Å². The van der Waals surface area contributed by atoms with Gasteiger partial charge in [0.25, 0.3) is 0 Å². The minimum Gasteiger partial charge on any atom is -0.458 e. The van der Waals surface area contributed by atoms with Crippen LogP contribution in [0.5, 0.6) is 6.01 Å². The molecule has 1 aromatic rings. The molecule has 2 heterocycles. The van der Waals surface area contributed by atoms with Crippen LogP contribution >= 0.6 is 0 Å². The van der Waals surface area contributed by atoms with Crippen molar-refractivity contribution in [2.24, 2.45) is 0 Å². The summed E-state index contributed by atoms with van der Waals surface area (Å²) in [4.78, 5) is 8.77. The lowest BCUT2D eigenvalue weighted by molar-refractivity contribution is 0.134. The maximum Gasteiger partial charge on any atom is 0.317 e. The second-order valence-electron chi connectivity index (χ2n) is 5.04. The summed E-state index contributed by atoms with van der Waals surface area (Å²) < 4.78 is 11.0. The molecular weight excluding hydrogens is 230 g/mol. The summed E-state index contributed by atoms with van der Waals surface area (Å²) in [5, 5.41) is 3.45. The van der Waals surface area contributed by atoms with Crippen LogP contribution in [0, 0.1) is 6.92 Å². The molecule has 1 aliphatic heterocycles. The Morgan fingerprint density at radius 3 is 3.00 bits per heavy atom. The lowest BCUT2D eigenvalue weighted by Gasteiger charge is -2.11. The normalized spacial score (nSPS) is 23.3. The number of ether oxygens (including phenoxy) is 2. The van der Waals surface area contributed by atoms with E-state index in [4.69, 9.17) is 9.47 Å². The highest BCUT2D eigenvalue weighted by atomic mass is 16.6. The fourth-order valence-corrected chi connectivity index (χ4v) is 2.04. The Balaban J connectivity index is 1.64. The molecule has 1 saturated carbocycles. The molecular formula is C13H19N3O2. The minimum atomic E-state index is 0.107. The van der Waals surface area contributed by atoms with Crippen molar-refractivity contribution in [2.75, 3.05) is 13.2 Å². The Kier molecular flexibility index (Phi) is 3.43. The summed E-state index contributed by atoms with van der Waals surface area (Å²) in [5.41, 5.74) is 1.95. The highest BCUT2D eigenvalue weighted by Crippen LogP contribution is 2.19. The number of aromatic nitrogens is 2. The lowest BCUT2D eigenvalue weighted by Crippen LogP contribution is -2.20. The largest absolute Gasteiger partial charge is 0.458 e. The molecule has 5 nitrogen and oxygen atoms in total. The van der Waals surface area contributed by atoms with Crippen LogP contribution in [0.3, 0.4) is 0 Å². The molecule has 1 saturated heterocycles. The van der Waals surface area contributed by atoms with Crippen LogP contribution in [0.25, 0.3) is 0 Å². The van der Waals surface area contributed by atoms with Gasteiger partial charge in [0.2, 0.25) is 0 Å². The molecule has 18 heavy (non-hydrogen) atoms. The van der Waals surface area contributed by atoms with Crippen LogP contribution in [0.4, 0.5) is 0 Å². The molecule has 1 unspecified atom stereocenters. The molecule has 0 aromatic carbocycles. The molecule has 1 aromatic heterocycles. The third-order valence-electron chi connectivity index (χ3n) is 3.20. The average molecular weight is 249 g/mol. The first-order valence-corrected chi connectivity index (χ1v) is 6.62. The van der Waals surface area contributed by atoms with Gasteiger partial charge in [-0.2, -0.15) is 4.98 Å². The van der Waals surface area contributed by atoms with Gasteiger partial charge in [0.05, 0.1) is 18.9 Å². The van der Waals surface area contributed by atoms with E-state index < -0.39 is 0 Å². The number of aryl methyl sites for hydroxylation is 1. The number of nitrogens with zero attached hydrogens (tertiary/aromatic N) is 2. The van der Waals surface area contributed by atoms with Gasteiger partial charge in [0.1, 0.15) is 6.10 Å². The van der Waals surface area contributed by atoms with E-state index in [1.807, 2.05) is 13.0 Å². The van der Waals surface area contributed by atoms with Crippen molar-refractivity contribution in [2.45, 2.75) is 44.9 Å². The Bertz CT molecular complexity index is 415. The van der Waals surface area contributed by atoms with Crippen LogP contribution in [0.2, 0.25) is 0 Å². The van der Waals surface area contributed by atoms with Crippen LogP contribution in [-0.2, 0) is 11.3 Å². The predicted molar refractivity (Wildman–Crippen MR) is 66.5 cm³/mol. The average Bonchev–Trinajstić information content (AvgIpc) is 3.04. The van der Waals surface area contributed by atoms with Crippen LogP contribution in [0.1, 0.15) is 30.7 Å². The Morgan fingerprint density at radius 1 is 1.39 bits per heavy atom. The zero-order valence-electron chi connectivity index (χ0n) is 10.7. The fraction of sp³-hybridized carbons (Fsp3) is 0.692. The second kappa shape index (κ2) is 5.20. The van der Waals surface area contributed by atoms with Gasteiger partial charge in [-0.3, -0.25) is 0 Å². The zero-order chi connectivity index (χ0) is 12.4. The molecule has 0 amide bonds. The highest BCUT2D eigenvalue weighted by molar-refractivity contribution is 5.13. The van der Waals surface area contributed by atoms with Crippen molar-refractivity contribution < 1.29 is 9.47 Å². The van der Waals surface area contributed by atoms with E-state index >= 15 is 0 Å². The first kappa shape index (κ1) is 11.9. The third kappa shape index (κ3) is 3.17. The van der Waals surface area contributed by atoms with Crippen molar-refractivity contribution in [3.8, 4) is 6.01 Å². The molecule has 0 bridgehead atoms. The van der Waals surface area contributed by atoms with Gasteiger partial charge < -0.3 is 14.8 Å². The van der Waals surface area contributed by atoms with Crippen LogP contribution in [0.15, 0.2) is 6.07 Å². The molecule has 1 aliphatic carbocycles. The smallest absolute Gasteiger partial charge is 0.317 e. The molecule has 0 spiro atoms. The summed E-state index contributed by atoms with van der Waals surface area (Å²) in [6, 6.07) is 3.18. The number of hydrogen-bond acceptors (Lipinski definition) is 5. The third-order valence-corrected chi connectivity index (χ3v) is 3.20. The van der Waals surface area contributed by atoms with E-state index in [1.165, 1.54) is 12.8 Å². The predicted octanol–water partition coefficient (Wildman–Crippen LogP) is 1.20. The molecule has 2 fully saturated rings. The monoisotopic (exact) mass is 249 g/mol. The lowest BCUT2D eigenvalue weighted by atomic mass is 10.3. The first-order valence-electron chi connectivity index (χ1n) is 6.62. The van der Waals surface area contributed by atoms with E-state index in [0.717, 1.165) is 31.0 Å². The van der Waals surface area contributed by atoms with Crippen molar-refractivity contribution in [1.82, 2.24) is 15.3 Å². The number of rotatable bonds is 5. The van der Waals surface area contributed by atoms with E-state index in [0.29, 0.717) is 18.7 Å². The van der Waals surface area contributed by atoms with Crippen molar-refractivity contribution >= 4 is 0 Å². The van der Waals surface area contributed by atoms with Crippen LogP contribution < -0.4 is 10.1 Å². The quantitative estimate of drug-likeness (QED) is 0.850. The van der Waals surface area contributed by atoms with E-state index in [1.54, 1.807) is 0 Å². The van der Waals surface area contributed by atoms with Gasteiger partial charge in [0, 0.05) is 24.7 Å². The van der Waals surface area contributed by atoms with Gasteiger partial charge in [-0.25, -0.2) is 4.98 Å². The number of hydrogen-bond donors (Lipinski definition) is 1. The molecule has 3 rings (SSSR count). The maximum atomic E-state index is 5.74. The van der Waals surface area contributed by atoms with E-state index in [2.05, 4.69) is 15.3 Å². The first-order chi connectivity index (χ1) is 8.79. The standard InChI is InChI=1S/C13H19N3O2/c1-9-6-11(7-14-10-2-3-10)16-13(15-9)18-12-4-5-17-8-12/h6,10,12,14H,2-5,7-8H2,1H3. The molecule has 1 atom stereocenters. The molecule has 1 N–H and O–H groups in total. The summed E-state index contributed by atoms with van der Waals surface area (Å²) in [7, 11) is 0. The molecule has 0 radical (unpaired) electrons. The fourth-order valence-electron chi connectivity index (χ4n) is 2.04. The molecule has 2 aliphatic rings. The molecule has 98 valence electrons. The number of nitrogens with one attached hydrogen (secondary N) is 1. The summed E-state index contributed by atoms with van der Waals surface area (Å²) >= 11 is 0. The van der Waals surface area contributed by atoms with Gasteiger partial charge >= 0.3 is 6.01 Å². The SMILES string of the molecule is Cc1cc(CNC2CC2)nc(OC2CCOC2)n1. The minimum absolute atomic E-state index is 0.107. The summed E-state index contributed by atoms with van der Waals surface area (Å²) in [6.07, 6.45) is 3.60. The maximum absolute atomic E-state index is 5.74. The van der Waals surface area contributed by atoms with Crippen LogP contribution in [-0.4, -0.2) is 35.3 Å². The summed E-state index contributed by atoms with van der Waals surface area (Å²) in [6.45, 7) is 4.19. The summed E-state index contributed by atoms with van der Waals surface area (Å²) in [5.74, 6) is 0. The van der Waals surface area contributed by atoms with Crippen molar-refractivity contribution in [3.05, 3.63) is 17.5 Å². The highest BCUT2D eigenvalue weighted by Gasteiger charge is 2.21. The van der Waals surface area contributed by atoms with Crippen molar-refractivity contribution in [1.29, 1.82) is 0 Å². The molecule has 5 heteroatoms. The van der Waals surface area contributed by atoms with Crippen molar-refractivity contribution in [3.63, 3.8) is 0 Å². The zero-order valence-corrected chi connectivity index (χ0v) is 10.7. The van der Waals surface area contributed by atoms with Gasteiger partial charge in [-0.1, -0.05) is 0 Å². The van der Waals surface area contributed by atoms with E-state index in [-0.39, 0.29) is 6.10 Å². The van der Waals surface area contributed by atoms with Gasteiger partial charge in [0.15, 0.2) is 0 Å². The Labute approximate surface area is 107 Å². The Morgan fingerprint density at radius 2 is 2.28 bits per heavy atom. The Hall–Kier alpha value is -1.20. The van der Waals surface area contributed by atoms with Gasteiger partial charge in [-0.05, 0) is 25.8 Å². The topological polar surface area (TPSA) is 56.3 Å². The second-order valence-corrected chi connectivity index (χ2v) is 5.04.